The Morgan fingerprint density at radius 2 is 2.00 bits per heavy atom. The van der Waals surface area contributed by atoms with E-state index in [0.717, 1.165) is 60.0 Å². The Kier molecular flexibility index (Phi) is 6.05. The zero-order valence-corrected chi connectivity index (χ0v) is 19.3. The zero-order chi connectivity index (χ0) is 22.8. The van der Waals surface area contributed by atoms with Crippen LogP contribution in [-0.2, 0) is 24.2 Å². The second-order valence-corrected chi connectivity index (χ2v) is 8.65. The number of methoxy groups -OCH3 is 1. The fourth-order valence-corrected chi connectivity index (χ4v) is 4.63. The normalized spacial score (nSPS) is 15.4. The highest BCUT2D eigenvalue weighted by molar-refractivity contribution is 5.94. The van der Waals surface area contributed by atoms with Gasteiger partial charge in [-0.25, -0.2) is 4.98 Å². The van der Waals surface area contributed by atoms with Crippen molar-refractivity contribution < 1.29 is 14.3 Å². The van der Waals surface area contributed by atoms with Crippen molar-refractivity contribution >= 4 is 11.6 Å². The van der Waals surface area contributed by atoms with Crippen molar-refractivity contribution in [3.05, 3.63) is 65.1 Å². The van der Waals surface area contributed by atoms with Crippen LogP contribution in [0.1, 0.15) is 33.7 Å². The van der Waals surface area contributed by atoms with E-state index in [1.54, 1.807) is 13.2 Å². The molecule has 2 aliphatic rings. The van der Waals surface area contributed by atoms with Crippen LogP contribution in [0.2, 0.25) is 0 Å². The second kappa shape index (κ2) is 9.27. The smallest absolute Gasteiger partial charge is 0.251 e. The Morgan fingerprint density at radius 1 is 1.15 bits per heavy atom. The number of rotatable bonds is 6. The van der Waals surface area contributed by atoms with E-state index >= 15 is 0 Å². The summed E-state index contributed by atoms with van der Waals surface area (Å²) in [5.74, 6) is 1.75. The maximum absolute atomic E-state index is 12.9. The summed E-state index contributed by atoms with van der Waals surface area (Å²) in [5.41, 5.74) is 5.88. The first-order valence-corrected chi connectivity index (χ1v) is 11.6. The van der Waals surface area contributed by atoms with Crippen molar-refractivity contribution in [3.63, 3.8) is 0 Å². The summed E-state index contributed by atoms with van der Waals surface area (Å²) in [7, 11) is 1.62. The molecule has 7 nitrogen and oxygen atoms in total. The molecule has 3 heterocycles. The van der Waals surface area contributed by atoms with Crippen molar-refractivity contribution in [2.45, 2.75) is 32.9 Å². The maximum Gasteiger partial charge on any atom is 0.251 e. The van der Waals surface area contributed by atoms with E-state index in [-0.39, 0.29) is 5.91 Å². The number of benzene rings is 2. The summed E-state index contributed by atoms with van der Waals surface area (Å²) in [6.07, 6.45) is 4.35. The number of carbonyl (C=O) groups excluding carboxylic acids is 1. The van der Waals surface area contributed by atoms with Gasteiger partial charge in [-0.2, -0.15) is 0 Å². The number of anilines is 1. The van der Waals surface area contributed by atoms with Gasteiger partial charge >= 0.3 is 0 Å². The Morgan fingerprint density at radius 3 is 2.79 bits per heavy atom. The first-order chi connectivity index (χ1) is 16.1. The fraction of sp³-hybridized carbons (Fsp3) is 0.385. The molecular formula is C26H30N4O3. The minimum absolute atomic E-state index is 0.118. The van der Waals surface area contributed by atoms with E-state index in [0.29, 0.717) is 31.1 Å². The number of imidazole rings is 1. The third-order valence-electron chi connectivity index (χ3n) is 6.50. The number of aryl methyl sites for hydroxylation is 3. The fourth-order valence-electron chi connectivity index (χ4n) is 4.63. The number of carbonyl (C=O) groups is 1. The van der Waals surface area contributed by atoms with Crippen molar-refractivity contribution in [3.8, 4) is 17.0 Å². The number of nitrogens with zero attached hydrogens (tertiary/aromatic N) is 3. The van der Waals surface area contributed by atoms with Crippen LogP contribution < -0.4 is 15.0 Å². The first kappa shape index (κ1) is 21.5. The van der Waals surface area contributed by atoms with E-state index in [1.807, 2.05) is 19.1 Å². The molecule has 0 saturated carbocycles. The largest absolute Gasteiger partial charge is 0.496 e. The minimum Gasteiger partial charge on any atom is -0.496 e. The van der Waals surface area contributed by atoms with Crippen LogP contribution in [0.25, 0.3) is 11.3 Å². The highest BCUT2D eigenvalue weighted by Crippen LogP contribution is 2.29. The van der Waals surface area contributed by atoms with Crippen LogP contribution in [0.5, 0.6) is 5.75 Å². The maximum atomic E-state index is 12.9. The topological polar surface area (TPSA) is 68.6 Å². The van der Waals surface area contributed by atoms with Crippen LogP contribution in [-0.4, -0.2) is 48.9 Å². The lowest BCUT2D eigenvalue weighted by molar-refractivity contribution is 0.0950. The molecule has 172 valence electrons. The molecular weight excluding hydrogens is 416 g/mol. The molecule has 2 aliphatic heterocycles. The number of fused-ring (bicyclic) bond motifs is 1. The lowest BCUT2D eigenvalue weighted by Crippen LogP contribution is -2.37. The molecule has 1 N–H and O–H groups in total. The molecule has 1 saturated heterocycles. The highest BCUT2D eigenvalue weighted by atomic mass is 16.5. The Hall–Kier alpha value is -3.32. The van der Waals surface area contributed by atoms with Gasteiger partial charge in [0, 0.05) is 55.6 Å². The molecule has 0 atom stereocenters. The molecule has 7 heteroatoms. The Bertz CT molecular complexity index is 1140. The predicted octanol–water partition coefficient (Wildman–Crippen LogP) is 3.58. The van der Waals surface area contributed by atoms with E-state index in [2.05, 4.69) is 39.2 Å². The molecule has 5 rings (SSSR count). The van der Waals surface area contributed by atoms with Crippen molar-refractivity contribution in [2.24, 2.45) is 0 Å². The number of amides is 1. The van der Waals surface area contributed by atoms with Gasteiger partial charge < -0.3 is 24.3 Å². The molecule has 0 spiro atoms. The Balaban J connectivity index is 1.41. The van der Waals surface area contributed by atoms with Crippen molar-refractivity contribution in [1.29, 1.82) is 0 Å². The highest BCUT2D eigenvalue weighted by Gasteiger charge is 2.19. The summed E-state index contributed by atoms with van der Waals surface area (Å²) in [4.78, 5) is 20.1. The molecule has 1 aromatic heterocycles. The van der Waals surface area contributed by atoms with Gasteiger partial charge in [-0.05, 0) is 48.7 Å². The van der Waals surface area contributed by atoms with Gasteiger partial charge in [0.2, 0.25) is 0 Å². The van der Waals surface area contributed by atoms with Crippen molar-refractivity contribution in [1.82, 2.24) is 14.9 Å². The van der Waals surface area contributed by atoms with E-state index in [4.69, 9.17) is 14.5 Å². The van der Waals surface area contributed by atoms with E-state index in [9.17, 15) is 4.79 Å². The lowest BCUT2D eigenvalue weighted by atomic mass is 10.0. The number of hydrogen-bond acceptors (Lipinski definition) is 5. The number of hydrogen-bond donors (Lipinski definition) is 1. The molecule has 2 aromatic carbocycles. The third kappa shape index (κ3) is 4.46. The van der Waals surface area contributed by atoms with Gasteiger partial charge in [-0.3, -0.25) is 4.79 Å². The first-order valence-electron chi connectivity index (χ1n) is 11.6. The van der Waals surface area contributed by atoms with Crippen LogP contribution in [0.15, 0.2) is 42.6 Å². The standard InChI is InChI=1S/C26H30N4O3/c1-18-5-6-20(15-24(18)32-2)26(31)27-16-21-14-19(22-17-30-9-3-4-25(30)28-22)7-8-23(21)29-10-12-33-13-11-29/h5-8,14-15,17H,3-4,9-13,16H2,1-2H3,(H,27,31). The minimum atomic E-state index is -0.118. The third-order valence-corrected chi connectivity index (χ3v) is 6.50. The predicted molar refractivity (Wildman–Crippen MR) is 128 cm³/mol. The SMILES string of the molecule is COc1cc(C(=O)NCc2cc(-c3cn4c(n3)CCC4)ccc2N2CCOCC2)ccc1C. The van der Waals surface area contributed by atoms with Gasteiger partial charge in [-0.1, -0.05) is 12.1 Å². The zero-order valence-electron chi connectivity index (χ0n) is 19.3. The van der Waals surface area contributed by atoms with Gasteiger partial charge in [-0.15, -0.1) is 0 Å². The van der Waals surface area contributed by atoms with E-state index < -0.39 is 0 Å². The summed E-state index contributed by atoms with van der Waals surface area (Å²) >= 11 is 0. The molecule has 0 bridgehead atoms. The lowest BCUT2D eigenvalue weighted by Gasteiger charge is -2.31. The van der Waals surface area contributed by atoms with Gasteiger partial charge in [0.05, 0.1) is 26.0 Å². The summed E-state index contributed by atoms with van der Waals surface area (Å²) in [5, 5.41) is 3.11. The molecule has 1 amide bonds. The number of ether oxygens (including phenoxy) is 2. The van der Waals surface area contributed by atoms with Crippen LogP contribution >= 0.6 is 0 Å². The Labute approximate surface area is 194 Å². The molecule has 0 radical (unpaired) electrons. The quantitative estimate of drug-likeness (QED) is 0.627. The van der Waals surface area contributed by atoms with Crippen LogP contribution in [0.3, 0.4) is 0 Å². The van der Waals surface area contributed by atoms with Gasteiger partial charge in [0.1, 0.15) is 11.6 Å². The molecule has 0 unspecified atom stereocenters. The summed E-state index contributed by atoms with van der Waals surface area (Å²) in [6.45, 7) is 6.55. The second-order valence-electron chi connectivity index (χ2n) is 8.65. The van der Waals surface area contributed by atoms with Gasteiger partial charge in [0.15, 0.2) is 0 Å². The van der Waals surface area contributed by atoms with Crippen LogP contribution in [0.4, 0.5) is 5.69 Å². The molecule has 0 aliphatic carbocycles. The van der Waals surface area contributed by atoms with Crippen LogP contribution in [0, 0.1) is 6.92 Å². The van der Waals surface area contributed by atoms with E-state index in [1.165, 1.54) is 6.42 Å². The molecule has 33 heavy (non-hydrogen) atoms. The number of aromatic nitrogens is 2. The number of nitrogens with one attached hydrogen (secondary N) is 1. The molecule has 3 aromatic rings. The number of morpholine rings is 1. The summed E-state index contributed by atoms with van der Waals surface area (Å²) in [6, 6.07) is 12.0. The summed E-state index contributed by atoms with van der Waals surface area (Å²) < 4.78 is 13.2. The molecule has 1 fully saturated rings. The monoisotopic (exact) mass is 446 g/mol. The average molecular weight is 447 g/mol. The average Bonchev–Trinajstić information content (AvgIpc) is 3.46. The van der Waals surface area contributed by atoms with Gasteiger partial charge in [0.25, 0.3) is 5.91 Å². The van der Waals surface area contributed by atoms with Crippen molar-refractivity contribution in [2.75, 3.05) is 38.3 Å².